The second kappa shape index (κ2) is 12.1. The molecule has 5 nitrogen and oxygen atoms in total. The van der Waals surface area contributed by atoms with E-state index in [0.29, 0.717) is 13.0 Å². The first-order chi connectivity index (χ1) is 16.9. The lowest BCUT2D eigenvalue weighted by Crippen LogP contribution is -2.21. The van der Waals surface area contributed by atoms with Crippen molar-refractivity contribution in [2.24, 2.45) is 0 Å². The van der Waals surface area contributed by atoms with Crippen LogP contribution in [0.4, 0.5) is 0 Å². The molecule has 0 spiro atoms. The van der Waals surface area contributed by atoms with Crippen LogP contribution in [0.1, 0.15) is 97.4 Å². The zero-order valence-corrected chi connectivity index (χ0v) is 25.1. The van der Waals surface area contributed by atoms with Gasteiger partial charge in [0.1, 0.15) is 0 Å². The number of hydrogen-bond acceptors (Lipinski definition) is 5. The van der Waals surface area contributed by atoms with Crippen molar-refractivity contribution < 1.29 is 17.9 Å². The van der Waals surface area contributed by atoms with Gasteiger partial charge in [0, 0.05) is 6.54 Å². The van der Waals surface area contributed by atoms with Gasteiger partial charge in [-0.05, 0) is 63.6 Å². The van der Waals surface area contributed by atoms with E-state index in [2.05, 4.69) is 85.8 Å². The number of nitrogens with one attached hydrogen (secondary N) is 1. The molecule has 0 aliphatic carbocycles. The number of hydrogen-bond donors (Lipinski definition) is 1. The molecular weight excluding hydrogens is 482 g/mol. The third kappa shape index (κ3) is 9.90. The van der Waals surface area contributed by atoms with Gasteiger partial charge in [-0.25, -0.2) is 8.42 Å². The number of rotatable bonds is 10. The molecule has 6 heteroatoms. The summed E-state index contributed by atoms with van der Waals surface area (Å²) in [7, 11) is -3.53. The van der Waals surface area contributed by atoms with Gasteiger partial charge in [-0.3, -0.25) is 4.79 Å². The van der Waals surface area contributed by atoms with Crippen molar-refractivity contribution in [2.75, 3.05) is 18.9 Å². The van der Waals surface area contributed by atoms with E-state index >= 15 is 0 Å². The van der Waals surface area contributed by atoms with Crippen molar-refractivity contribution in [3.63, 3.8) is 0 Å². The first-order valence-corrected chi connectivity index (χ1v) is 14.9. The Labute approximate surface area is 225 Å². The van der Waals surface area contributed by atoms with E-state index in [1.807, 2.05) is 12.1 Å². The number of carbonyl (C=O) groups is 1. The molecule has 0 fully saturated rings. The van der Waals surface area contributed by atoms with Crippen LogP contribution in [0.2, 0.25) is 0 Å². The van der Waals surface area contributed by atoms with Gasteiger partial charge in [-0.15, -0.1) is 0 Å². The Hall–Kier alpha value is -2.18. The van der Waals surface area contributed by atoms with Gasteiger partial charge in [-0.2, -0.15) is 0 Å². The minimum atomic E-state index is -3.53. The highest BCUT2D eigenvalue weighted by Gasteiger charge is 2.21. The van der Waals surface area contributed by atoms with Gasteiger partial charge in [0.05, 0.1) is 23.7 Å². The van der Waals surface area contributed by atoms with E-state index in [1.54, 1.807) is 12.1 Å². The predicted molar refractivity (Wildman–Crippen MR) is 153 cm³/mol. The predicted octanol–water partition coefficient (Wildman–Crippen LogP) is 6.47. The van der Waals surface area contributed by atoms with Gasteiger partial charge < -0.3 is 10.1 Å². The maximum Gasteiger partial charge on any atom is 0.306 e. The summed E-state index contributed by atoms with van der Waals surface area (Å²) in [5.41, 5.74) is 5.07. The zero-order valence-electron chi connectivity index (χ0n) is 24.3. The first kappa shape index (κ1) is 31.0. The molecule has 0 heterocycles. The minimum absolute atomic E-state index is 0.0488. The molecule has 1 N–H and O–H groups in total. The van der Waals surface area contributed by atoms with Crippen LogP contribution in [-0.2, 0) is 42.2 Å². The molecule has 0 saturated heterocycles. The molecular formula is C31H47NO4S. The summed E-state index contributed by atoms with van der Waals surface area (Å²) in [5.74, 6) is -0.735. The Bertz CT molecular complexity index is 1110. The largest absolute Gasteiger partial charge is 0.466 e. The van der Waals surface area contributed by atoms with Crippen molar-refractivity contribution in [3.05, 3.63) is 64.7 Å². The van der Waals surface area contributed by atoms with Gasteiger partial charge in [0.25, 0.3) is 0 Å². The molecule has 0 aliphatic heterocycles. The van der Waals surface area contributed by atoms with E-state index in [4.69, 9.17) is 4.74 Å². The number of esters is 1. The molecule has 0 aromatic heterocycles. The molecule has 0 atom stereocenters. The summed E-state index contributed by atoms with van der Waals surface area (Å²) in [5, 5.41) is 3.44. The molecule has 0 unspecified atom stereocenters. The van der Waals surface area contributed by atoms with E-state index in [1.165, 1.54) is 16.7 Å². The highest BCUT2D eigenvalue weighted by atomic mass is 32.2. The minimum Gasteiger partial charge on any atom is -0.466 e. The Morgan fingerprint density at radius 2 is 1.30 bits per heavy atom. The quantitative estimate of drug-likeness (QED) is 0.282. The Morgan fingerprint density at radius 1 is 0.784 bits per heavy atom. The van der Waals surface area contributed by atoms with Crippen LogP contribution in [-0.4, -0.2) is 33.3 Å². The summed E-state index contributed by atoms with van der Waals surface area (Å²) in [4.78, 5) is 12.4. The summed E-state index contributed by atoms with van der Waals surface area (Å²) in [6, 6.07) is 13.7. The van der Waals surface area contributed by atoms with Gasteiger partial charge in [-0.1, -0.05) is 92.6 Å². The lowest BCUT2D eigenvalue weighted by atomic mass is 9.79. The van der Waals surface area contributed by atoms with Crippen LogP contribution < -0.4 is 5.32 Å². The lowest BCUT2D eigenvalue weighted by Gasteiger charge is -2.26. The summed E-state index contributed by atoms with van der Waals surface area (Å²) >= 11 is 0. The van der Waals surface area contributed by atoms with Gasteiger partial charge >= 0.3 is 5.97 Å². The third-order valence-electron chi connectivity index (χ3n) is 6.47. The molecule has 2 aromatic rings. The maximum absolute atomic E-state index is 12.6. The number of sulfone groups is 1. The highest BCUT2D eigenvalue weighted by molar-refractivity contribution is 7.91. The van der Waals surface area contributed by atoms with Crippen LogP contribution in [0.5, 0.6) is 0 Å². The Morgan fingerprint density at radius 3 is 1.78 bits per heavy atom. The third-order valence-corrected chi connectivity index (χ3v) is 8.20. The van der Waals surface area contributed by atoms with Gasteiger partial charge in [0.2, 0.25) is 0 Å². The van der Waals surface area contributed by atoms with Crippen molar-refractivity contribution in [3.8, 4) is 0 Å². The molecule has 0 saturated carbocycles. The molecule has 0 bridgehead atoms. The average molecular weight is 530 g/mol. The molecule has 206 valence electrons. The molecule has 0 radical (unpaired) electrons. The topological polar surface area (TPSA) is 72.5 Å². The number of benzene rings is 2. The molecule has 37 heavy (non-hydrogen) atoms. The average Bonchev–Trinajstić information content (AvgIpc) is 2.78. The van der Waals surface area contributed by atoms with Crippen molar-refractivity contribution >= 4 is 15.8 Å². The number of carbonyl (C=O) groups excluding carboxylic acids is 1. The summed E-state index contributed by atoms with van der Waals surface area (Å²) in [6.45, 7) is 21.3. The lowest BCUT2D eigenvalue weighted by molar-refractivity contribution is -0.143. The Kier molecular flexibility index (Phi) is 10.2. The smallest absolute Gasteiger partial charge is 0.306 e. The van der Waals surface area contributed by atoms with Crippen LogP contribution in [0, 0.1) is 0 Å². The van der Waals surface area contributed by atoms with Crippen LogP contribution in [0.3, 0.4) is 0 Å². The second-order valence-corrected chi connectivity index (χ2v) is 15.1. The van der Waals surface area contributed by atoms with E-state index < -0.39 is 15.8 Å². The fourth-order valence-electron chi connectivity index (χ4n) is 3.85. The van der Waals surface area contributed by atoms with Crippen LogP contribution in [0.25, 0.3) is 0 Å². The van der Waals surface area contributed by atoms with Gasteiger partial charge in [0.15, 0.2) is 9.84 Å². The maximum atomic E-state index is 12.6. The summed E-state index contributed by atoms with van der Waals surface area (Å²) in [6.07, 6.45) is 0.518. The molecule has 0 amide bonds. The summed E-state index contributed by atoms with van der Waals surface area (Å²) < 4.78 is 30.5. The standard InChI is InChI=1S/C31H47NO4S/c1-29(2,3)24-11-13-27(14-12-24)37(34,35)18-15-28(33)36-17-10-16-32-22-23-19-25(30(4,5)6)21-26(20-23)31(7,8)9/h11-14,19-21,32H,10,15-18,22H2,1-9H3. The van der Waals surface area contributed by atoms with Crippen molar-refractivity contribution in [1.29, 1.82) is 0 Å². The number of ether oxygens (including phenoxy) is 1. The molecule has 2 rings (SSSR count). The van der Waals surface area contributed by atoms with Crippen LogP contribution in [0.15, 0.2) is 47.4 Å². The second-order valence-electron chi connectivity index (χ2n) is 13.0. The molecule has 0 aliphatic rings. The first-order valence-electron chi connectivity index (χ1n) is 13.2. The normalized spacial score (nSPS) is 13.0. The zero-order chi connectivity index (χ0) is 28.1. The van der Waals surface area contributed by atoms with E-state index in [9.17, 15) is 13.2 Å². The van der Waals surface area contributed by atoms with Crippen LogP contribution >= 0.6 is 0 Å². The fourth-order valence-corrected chi connectivity index (χ4v) is 5.07. The SMILES string of the molecule is CC(C)(C)c1ccc(S(=O)(=O)CCC(=O)OCCCNCc2cc(C(C)(C)C)cc(C(C)(C)C)c2)cc1. The van der Waals surface area contributed by atoms with Crippen molar-refractivity contribution in [2.45, 2.75) is 103 Å². The van der Waals surface area contributed by atoms with E-state index in [0.717, 1.165) is 12.1 Å². The highest BCUT2D eigenvalue weighted by Crippen LogP contribution is 2.30. The Balaban J connectivity index is 1.77. The van der Waals surface area contributed by atoms with Crippen molar-refractivity contribution in [1.82, 2.24) is 5.32 Å². The molecule has 2 aromatic carbocycles. The fraction of sp³-hybridized carbons (Fsp3) is 0.581. The van der Waals surface area contributed by atoms with E-state index in [-0.39, 0.29) is 39.9 Å². The monoisotopic (exact) mass is 529 g/mol.